The number of amides is 1. The summed E-state index contributed by atoms with van der Waals surface area (Å²) in [6.45, 7) is 3.32. The van der Waals surface area contributed by atoms with Crippen molar-refractivity contribution in [3.8, 4) is 5.75 Å². The lowest BCUT2D eigenvalue weighted by atomic mass is 9.95. The molecule has 0 saturated carbocycles. The molecule has 28 heavy (non-hydrogen) atoms. The number of carbonyl (C=O) groups is 1. The van der Waals surface area contributed by atoms with E-state index in [0.29, 0.717) is 26.1 Å². The van der Waals surface area contributed by atoms with Crippen LogP contribution in [0.25, 0.3) is 0 Å². The molecule has 2 rings (SSSR count). The van der Waals surface area contributed by atoms with Crippen LogP contribution in [0.4, 0.5) is 0 Å². The summed E-state index contributed by atoms with van der Waals surface area (Å²) in [6, 6.07) is 16.4. The SMILES string of the molecule is CC[C@@H](C(=O)N(CCOC)Cc1ccc(OS(C)(=O)=O)cc1)c1ccccc1. The molecule has 0 unspecified atom stereocenters. The summed E-state index contributed by atoms with van der Waals surface area (Å²) in [4.78, 5) is 15.0. The Morgan fingerprint density at radius 2 is 1.71 bits per heavy atom. The zero-order valence-corrected chi connectivity index (χ0v) is 17.3. The Bertz CT molecular complexity index is 850. The quantitative estimate of drug-likeness (QED) is 0.568. The van der Waals surface area contributed by atoms with Crippen molar-refractivity contribution in [1.29, 1.82) is 0 Å². The molecule has 152 valence electrons. The van der Waals surface area contributed by atoms with Crippen molar-refractivity contribution in [3.05, 3.63) is 65.7 Å². The molecule has 0 aliphatic rings. The second-order valence-corrected chi connectivity index (χ2v) is 8.13. The standard InChI is InChI=1S/C21H27NO5S/c1-4-20(18-8-6-5-7-9-18)21(23)22(14-15-26-2)16-17-10-12-19(13-11-17)27-28(3,24)25/h5-13,20H,4,14-16H2,1-3H3/t20-/m1/s1. The molecule has 0 aliphatic heterocycles. The smallest absolute Gasteiger partial charge is 0.306 e. The van der Waals surface area contributed by atoms with E-state index < -0.39 is 10.1 Å². The van der Waals surface area contributed by atoms with Gasteiger partial charge in [-0.05, 0) is 29.7 Å². The van der Waals surface area contributed by atoms with Gasteiger partial charge in [-0.25, -0.2) is 0 Å². The third-order valence-corrected chi connectivity index (χ3v) is 4.82. The molecule has 0 saturated heterocycles. The number of methoxy groups -OCH3 is 1. The predicted molar refractivity (Wildman–Crippen MR) is 109 cm³/mol. The van der Waals surface area contributed by atoms with Crippen molar-refractivity contribution in [2.24, 2.45) is 0 Å². The molecular formula is C21H27NO5S. The Morgan fingerprint density at radius 3 is 2.25 bits per heavy atom. The average molecular weight is 406 g/mol. The highest BCUT2D eigenvalue weighted by molar-refractivity contribution is 7.86. The number of benzene rings is 2. The van der Waals surface area contributed by atoms with Crippen LogP contribution in [0.5, 0.6) is 5.75 Å². The van der Waals surface area contributed by atoms with Crippen LogP contribution in [0.1, 0.15) is 30.4 Å². The van der Waals surface area contributed by atoms with Crippen LogP contribution in [-0.4, -0.2) is 45.7 Å². The maximum absolute atomic E-state index is 13.2. The van der Waals surface area contributed by atoms with E-state index in [1.807, 2.05) is 37.3 Å². The van der Waals surface area contributed by atoms with Crippen LogP contribution in [0.15, 0.2) is 54.6 Å². The lowest BCUT2D eigenvalue weighted by molar-refractivity contribution is -0.134. The summed E-state index contributed by atoms with van der Waals surface area (Å²) in [7, 11) is -1.96. The first kappa shape index (κ1) is 21.9. The normalized spacial score (nSPS) is 12.4. The number of hydrogen-bond acceptors (Lipinski definition) is 5. The van der Waals surface area contributed by atoms with Crippen molar-refractivity contribution in [2.45, 2.75) is 25.8 Å². The van der Waals surface area contributed by atoms with Gasteiger partial charge >= 0.3 is 10.1 Å². The highest BCUT2D eigenvalue weighted by atomic mass is 32.2. The minimum absolute atomic E-state index is 0.0437. The molecule has 0 spiro atoms. The third kappa shape index (κ3) is 6.65. The minimum atomic E-state index is -3.56. The predicted octanol–water partition coefficient (Wildman–Crippen LogP) is 3.19. The molecule has 0 aliphatic carbocycles. The molecule has 2 aromatic carbocycles. The van der Waals surface area contributed by atoms with E-state index >= 15 is 0 Å². The zero-order valence-electron chi connectivity index (χ0n) is 16.5. The van der Waals surface area contributed by atoms with Crippen LogP contribution < -0.4 is 4.18 Å². The van der Waals surface area contributed by atoms with Crippen LogP contribution in [0.3, 0.4) is 0 Å². The van der Waals surface area contributed by atoms with Gasteiger partial charge in [-0.2, -0.15) is 8.42 Å². The summed E-state index contributed by atoms with van der Waals surface area (Å²) in [5, 5.41) is 0. The lowest BCUT2D eigenvalue weighted by Crippen LogP contribution is -2.37. The zero-order chi connectivity index (χ0) is 20.6. The highest BCUT2D eigenvalue weighted by Gasteiger charge is 2.24. The van der Waals surface area contributed by atoms with Gasteiger partial charge in [-0.3, -0.25) is 4.79 Å². The second-order valence-electron chi connectivity index (χ2n) is 6.56. The van der Waals surface area contributed by atoms with Gasteiger partial charge < -0.3 is 13.8 Å². The van der Waals surface area contributed by atoms with E-state index in [-0.39, 0.29) is 17.6 Å². The highest BCUT2D eigenvalue weighted by Crippen LogP contribution is 2.23. The minimum Gasteiger partial charge on any atom is -0.383 e. The van der Waals surface area contributed by atoms with Crippen LogP contribution >= 0.6 is 0 Å². The number of hydrogen-bond donors (Lipinski definition) is 0. The fourth-order valence-electron chi connectivity index (χ4n) is 2.97. The first-order valence-electron chi connectivity index (χ1n) is 9.15. The fourth-order valence-corrected chi connectivity index (χ4v) is 3.43. The molecule has 0 bridgehead atoms. The van der Waals surface area contributed by atoms with Crippen molar-refractivity contribution in [1.82, 2.24) is 4.90 Å². The lowest BCUT2D eigenvalue weighted by Gasteiger charge is -2.27. The van der Waals surface area contributed by atoms with Gasteiger partial charge in [0.25, 0.3) is 0 Å². The molecule has 0 aromatic heterocycles. The van der Waals surface area contributed by atoms with Crippen LogP contribution in [0, 0.1) is 0 Å². The molecule has 1 atom stereocenters. The molecule has 1 amide bonds. The first-order valence-corrected chi connectivity index (χ1v) is 11.0. The summed E-state index contributed by atoms with van der Waals surface area (Å²) in [5.41, 5.74) is 1.88. The molecule has 0 fully saturated rings. The van der Waals surface area contributed by atoms with Crippen molar-refractivity contribution in [2.75, 3.05) is 26.5 Å². The van der Waals surface area contributed by atoms with Gasteiger partial charge in [0.05, 0.1) is 18.8 Å². The van der Waals surface area contributed by atoms with E-state index in [9.17, 15) is 13.2 Å². The Labute approximate surface area is 167 Å². The topological polar surface area (TPSA) is 72.9 Å². The van der Waals surface area contributed by atoms with Crippen molar-refractivity contribution >= 4 is 16.0 Å². The number of rotatable bonds is 10. The van der Waals surface area contributed by atoms with Gasteiger partial charge in [0.15, 0.2) is 0 Å². The van der Waals surface area contributed by atoms with Gasteiger partial charge in [-0.1, -0.05) is 49.4 Å². The maximum Gasteiger partial charge on any atom is 0.306 e. The van der Waals surface area contributed by atoms with E-state index in [1.165, 1.54) is 0 Å². The van der Waals surface area contributed by atoms with Crippen molar-refractivity contribution < 1.29 is 22.1 Å². The Balaban J connectivity index is 2.17. The summed E-state index contributed by atoms with van der Waals surface area (Å²) in [6.07, 6.45) is 1.70. The van der Waals surface area contributed by atoms with E-state index in [0.717, 1.165) is 17.4 Å². The summed E-state index contributed by atoms with van der Waals surface area (Å²) < 4.78 is 32.5. The summed E-state index contributed by atoms with van der Waals surface area (Å²) in [5.74, 6) is 0.0739. The molecule has 6 nitrogen and oxygen atoms in total. The van der Waals surface area contributed by atoms with Gasteiger partial charge in [0.2, 0.25) is 5.91 Å². The van der Waals surface area contributed by atoms with Gasteiger partial charge in [0.1, 0.15) is 5.75 Å². The third-order valence-electron chi connectivity index (χ3n) is 4.33. The fraction of sp³-hybridized carbons (Fsp3) is 0.381. The second kappa shape index (κ2) is 10.2. The average Bonchev–Trinajstić information content (AvgIpc) is 2.66. The van der Waals surface area contributed by atoms with E-state index in [4.69, 9.17) is 8.92 Å². The molecule has 2 aromatic rings. The van der Waals surface area contributed by atoms with Gasteiger partial charge in [0, 0.05) is 20.2 Å². The van der Waals surface area contributed by atoms with Crippen LogP contribution in [0.2, 0.25) is 0 Å². The monoisotopic (exact) mass is 405 g/mol. The molecule has 0 radical (unpaired) electrons. The largest absolute Gasteiger partial charge is 0.383 e. The Hall–Kier alpha value is -2.38. The Morgan fingerprint density at radius 1 is 1.07 bits per heavy atom. The number of nitrogens with zero attached hydrogens (tertiary/aromatic N) is 1. The van der Waals surface area contributed by atoms with E-state index in [1.54, 1.807) is 36.3 Å². The van der Waals surface area contributed by atoms with Crippen molar-refractivity contribution in [3.63, 3.8) is 0 Å². The van der Waals surface area contributed by atoms with Crippen LogP contribution in [-0.2, 0) is 26.2 Å². The van der Waals surface area contributed by atoms with E-state index in [2.05, 4.69) is 0 Å². The summed E-state index contributed by atoms with van der Waals surface area (Å²) >= 11 is 0. The van der Waals surface area contributed by atoms with Gasteiger partial charge in [-0.15, -0.1) is 0 Å². The number of ether oxygens (including phenoxy) is 1. The number of carbonyl (C=O) groups excluding carboxylic acids is 1. The molecule has 0 N–H and O–H groups in total. The Kier molecular flexibility index (Phi) is 8.02. The molecule has 7 heteroatoms. The molecule has 0 heterocycles. The first-order chi connectivity index (χ1) is 13.3. The maximum atomic E-state index is 13.2. The molecular weight excluding hydrogens is 378 g/mol.